The van der Waals surface area contributed by atoms with E-state index in [0.717, 1.165) is 22.9 Å². The van der Waals surface area contributed by atoms with Gasteiger partial charge in [-0.3, -0.25) is 0 Å². The van der Waals surface area contributed by atoms with Crippen LogP contribution >= 0.6 is 22.7 Å². The van der Waals surface area contributed by atoms with E-state index < -0.39 is 5.97 Å². The van der Waals surface area contributed by atoms with Crippen molar-refractivity contribution in [1.29, 1.82) is 0 Å². The van der Waals surface area contributed by atoms with Crippen LogP contribution in [-0.4, -0.2) is 41.6 Å². The first-order chi connectivity index (χ1) is 8.58. The van der Waals surface area contributed by atoms with Crippen LogP contribution in [0, 0.1) is 0 Å². The predicted octanol–water partition coefficient (Wildman–Crippen LogP) is 2.67. The summed E-state index contributed by atoms with van der Waals surface area (Å²) in [5.41, 5.74) is 0.608. The Morgan fingerprint density at radius 2 is 2.28 bits per heavy atom. The van der Waals surface area contributed by atoms with Crippen molar-refractivity contribution in [3.05, 3.63) is 27.4 Å². The number of aromatic carboxylic acids is 1. The van der Waals surface area contributed by atoms with Gasteiger partial charge in [-0.2, -0.15) is 0 Å². The molecule has 0 bridgehead atoms. The molecule has 2 rings (SSSR count). The Balaban J connectivity index is 2.30. The molecule has 0 aliphatic rings. The summed E-state index contributed by atoms with van der Waals surface area (Å²) in [4.78, 5) is 19.0. The molecule has 0 aromatic carbocycles. The van der Waals surface area contributed by atoms with E-state index in [1.54, 1.807) is 0 Å². The number of aromatic nitrogens is 1. The molecule has 2 aromatic rings. The lowest BCUT2D eigenvalue weighted by atomic mass is 10.3. The van der Waals surface area contributed by atoms with Gasteiger partial charge < -0.3 is 10.0 Å². The van der Waals surface area contributed by atoms with Crippen molar-refractivity contribution in [3.63, 3.8) is 0 Å². The van der Waals surface area contributed by atoms with Gasteiger partial charge >= 0.3 is 5.97 Å². The molecule has 0 saturated heterocycles. The van der Waals surface area contributed by atoms with E-state index in [0.29, 0.717) is 10.6 Å². The predicted molar refractivity (Wildman–Crippen MR) is 74.6 cm³/mol. The van der Waals surface area contributed by atoms with E-state index in [2.05, 4.69) is 9.88 Å². The maximum atomic E-state index is 11.2. The Kier molecular flexibility index (Phi) is 4.11. The van der Waals surface area contributed by atoms with Crippen LogP contribution in [0.3, 0.4) is 0 Å². The van der Waals surface area contributed by atoms with E-state index in [-0.39, 0.29) is 0 Å². The molecule has 1 N–H and O–H groups in total. The Bertz CT molecular complexity index is 532. The topological polar surface area (TPSA) is 53.4 Å². The Hall–Kier alpha value is -1.24. The highest BCUT2D eigenvalue weighted by atomic mass is 32.1. The Labute approximate surface area is 114 Å². The molecule has 0 radical (unpaired) electrons. The molecule has 4 nitrogen and oxygen atoms in total. The van der Waals surface area contributed by atoms with Gasteiger partial charge in [0.15, 0.2) is 0 Å². The van der Waals surface area contributed by atoms with Crippen molar-refractivity contribution in [3.8, 4) is 10.6 Å². The minimum Gasteiger partial charge on any atom is -0.477 e. The first kappa shape index (κ1) is 13.2. The summed E-state index contributed by atoms with van der Waals surface area (Å²) in [5.74, 6) is -0.896. The van der Waals surface area contributed by atoms with Gasteiger partial charge in [-0.05, 0) is 25.5 Å². The molecule has 6 heteroatoms. The number of carboxylic acid groups (broad SMARTS) is 1. The van der Waals surface area contributed by atoms with Crippen molar-refractivity contribution in [2.24, 2.45) is 0 Å². The largest absolute Gasteiger partial charge is 0.477 e. The molecular formula is C12H14N2O2S2. The lowest BCUT2D eigenvalue weighted by Crippen LogP contribution is -2.14. The zero-order valence-electron chi connectivity index (χ0n) is 10.2. The molecule has 0 atom stereocenters. The second kappa shape index (κ2) is 5.60. The van der Waals surface area contributed by atoms with Gasteiger partial charge in [-0.25, -0.2) is 9.78 Å². The summed E-state index contributed by atoms with van der Waals surface area (Å²) in [6.45, 7) is 0.871. The molecule has 0 unspecified atom stereocenters. The number of carboxylic acids is 1. The second-order valence-electron chi connectivity index (χ2n) is 4.12. The zero-order chi connectivity index (χ0) is 13.1. The van der Waals surface area contributed by atoms with E-state index >= 15 is 0 Å². The third-order valence-corrected chi connectivity index (χ3v) is 4.37. The summed E-state index contributed by atoms with van der Waals surface area (Å²) in [6.07, 6.45) is 0.781. The highest BCUT2D eigenvalue weighted by Crippen LogP contribution is 2.31. The Morgan fingerprint density at radius 1 is 1.50 bits per heavy atom. The van der Waals surface area contributed by atoms with E-state index in [4.69, 9.17) is 0 Å². The zero-order valence-corrected chi connectivity index (χ0v) is 11.8. The first-order valence-corrected chi connectivity index (χ1v) is 7.19. The fourth-order valence-corrected chi connectivity index (χ4v) is 3.21. The van der Waals surface area contributed by atoms with Crippen LogP contribution in [0.5, 0.6) is 0 Å². The normalized spacial score (nSPS) is 11.1. The average molecular weight is 282 g/mol. The monoisotopic (exact) mass is 282 g/mol. The lowest BCUT2D eigenvalue weighted by molar-refractivity contribution is 0.0703. The van der Waals surface area contributed by atoms with E-state index in [1.807, 2.05) is 31.6 Å². The fourth-order valence-electron chi connectivity index (χ4n) is 1.52. The molecule has 18 heavy (non-hydrogen) atoms. The maximum absolute atomic E-state index is 11.2. The SMILES string of the molecule is CN(C)CCc1nc(-c2cccs2)c(C(=O)O)s1. The van der Waals surface area contributed by atoms with Gasteiger partial charge in [0.2, 0.25) is 0 Å². The number of rotatable bonds is 5. The summed E-state index contributed by atoms with van der Waals surface area (Å²) >= 11 is 2.79. The molecule has 0 fully saturated rings. The van der Waals surface area contributed by atoms with Crippen LogP contribution in [0.4, 0.5) is 0 Å². The molecule has 0 saturated carbocycles. The standard InChI is InChI=1S/C12H14N2O2S2/c1-14(2)6-5-9-13-10(8-4-3-7-17-8)11(18-9)12(15)16/h3-4,7H,5-6H2,1-2H3,(H,15,16). The molecule has 0 aliphatic heterocycles. The summed E-state index contributed by atoms with van der Waals surface area (Å²) in [7, 11) is 3.98. The van der Waals surface area contributed by atoms with Gasteiger partial charge in [0.1, 0.15) is 10.6 Å². The summed E-state index contributed by atoms with van der Waals surface area (Å²) in [6, 6.07) is 3.81. The highest BCUT2D eigenvalue weighted by Gasteiger charge is 2.19. The number of likely N-dealkylation sites (N-methyl/N-ethyl adjacent to an activating group) is 1. The third kappa shape index (κ3) is 2.95. The van der Waals surface area contributed by atoms with Gasteiger partial charge in [0.25, 0.3) is 0 Å². The highest BCUT2D eigenvalue weighted by molar-refractivity contribution is 7.16. The number of carbonyl (C=O) groups is 1. The molecular weight excluding hydrogens is 268 g/mol. The van der Waals surface area contributed by atoms with E-state index in [1.165, 1.54) is 22.7 Å². The lowest BCUT2D eigenvalue weighted by Gasteiger charge is -2.06. The van der Waals surface area contributed by atoms with Gasteiger partial charge in [-0.15, -0.1) is 22.7 Å². The summed E-state index contributed by atoms with van der Waals surface area (Å²) in [5, 5.41) is 12.0. The van der Waals surface area contributed by atoms with Crippen molar-refractivity contribution >= 4 is 28.6 Å². The quantitative estimate of drug-likeness (QED) is 0.916. The number of hydrogen-bond acceptors (Lipinski definition) is 5. The molecule has 0 aliphatic carbocycles. The molecule has 96 valence electrons. The Morgan fingerprint density at radius 3 is 2.83 bits per heavy atom. The summed E-state index contributed by atoms with van der Waals surface area (Å²) < 4.78 is 0. The van der Waals surface area contributed by atoms with Crippen LogP contribution < -0.4 is 0 Å². The third-order valence-electron chi connectivity index (χ3n) is 2.39. The van der Waals surface area contributed by atoms with Crippen LogP contribution in [0.15, 0.2) is 17.5 Å². The minimum atomic E-state index is -0.896. The van der Waals surface area contributed by atoms with Crippen LogP contribution in [0.25, 0.3) is 10.6 Å². The van der Waals surface area contributed by atoms with Gasteiger partial charge in [0.05, 0.1) is 9.88 Å². The fraction of sp³-hybridized carbons (Fsp3) is 0.333. The van der Waals surface area contributed by atoms with Crippen LogP contribution in [-0.2, 0) is 6.42 Å². The van der Waals surface area contributed by atoms with E-state index in [9.17, 15) is 9.90 Å². The number of hydrogen-bond donors (Lipinski definition) is 1. The molecule has 2 heterocycles. The van der Waals surface area contributed by atoms with Gasteiger partial charge in [-0.1, -0.05) is 6.07 Å². The van der Waals surface area contributed by atoms with Crippen molar-refractivity contribution in [1.82, 2.24) is 9.88 Å². The van der Waals surface area contributed by atoms with Crippen molar-refractivity contribution < 1.29 is 9.90 Å². The van der Waals surface area contributed by atoms with Crippen LogP contribution in [0.1, 0.15) is 14.7 Å². The number of thiazole rings is 1. The number of thiophene rings is 1. The first-order valence-electron chi connectivity index (χ1n) is 5.49. The smallest absolute Gasteiger partial charge is 0.348 e. The molecule has 2 aromatic heterocycles. The molecule has 0 spiro atoms. The van der Waals surface area contributed by atoms with Crippen molar-refractivity contribution in [2.45, 2.75) is 6.42 Å². The van der Waals surface area contributed by atoms with Crippen LogP contribution in [0.2, 0.25) is 0 Å². The number of nitrogens with zero attached hydrogens (tertiary/aromatic N) is 2. The second-order valence-corrected chi connectivity index (χ2v) is 6.15. The minimum absolute atomic E-state index is 0.339. The maximum Gasteiger partial charge on any atom is 0.348 e. The average Bonchev–Trinajstić information content (AvgIpc) is 2.95. The van der Waals surface area contributed by atoms with Gasteiger partial charge in [0, 0.05) is 13.0 Å². The molecule has 0 amide bonds. The van der Waals surface area contributed by atoms with Crippen molar-refractivity contribution in [2.75, 3.05) is 20.6 Å².